The zero-order valence-corrected chi connectivity index (χ0v) is 16.5. The van der Waals surface area contributed by atoms with Crippen molar-refractivity contribution in [2.75, 3.05) is 24.0 Å². The fourth-order valence-corrected chi connectivity index (χ4v) is 3.82. The van der Waals surface area contributed by atoms with E-state index in [-0.39, 0.29) is 0 Å². The van der Waals surface area contributed by atoms with Gasteiger partial charge in [-0.3, -0.25) is 0 Å². The maximum absolute atomic E-state index is 12.5. The summed E-state index contributed by atoms with van der Waals surface area (Å²) in [5, 5.41) is 7.53. The summed E-state index contributed by atoms with van der Waals surface area (Å²) >= 11 is 6.26. The monoisotopic (exact) mass is 386 g/mol. The predicted molar refractivity (Wildman–Crippen MR) is 110 cm³/mol. The van der Waals surface area contributed by atoms with Gasteiger partial charge in [0.2, 0.25) is 5.95 Å². The Morgan fingerprint density at radius 2 is 1.62 bits per heavy atom. The van der Waals surface area contributed by atoms with E-state index in [9.17, 15) is 4.57 Å². The molecular formula is C19H20ClN4OP. The third-order valence-corrected chi connectivity index (χ3v) is 5.70. The highest BCUT2D eigenvalue weighted by Gasteiger charge is 2.17. The molecule has 0 aliphatic carbocycles. The first-order valence-corrected chi connectivity index (χ1v) is 11.1. The van der Waals surface area contributed by atoms with Crippen LogP contribution in [0.1, 0.15) is 5.56 Å². The van der Waals surface area contributed by atoms with Gasteiger partial charge in [-0.2, -0.15) is 4.98 Å². The topological polar surface area (TPSA) is 66.9 Å². The van der Waals surface area contributed by atoms with E-state index >= 15 is 0 Å². The van der Waals surface area contributed by atoms with E-state index in [1.54, 1.807) is 13.3 Å². The summed E-state index contributed by atoms with van der Waals surface area (Å²) in [4.78, 5) is 8.71. The second kappa shape index (κ2) is 7.48. The lowest BCUT2D eigenvalue weighted by Crippen LogP contribution is -2.11. The standard InChI is InChI=1S/C19H20ClN4OP/c1-13-8-4-5-9-15(13)23-19-21-12-14(20)18(24-19)22-16-10-6-7-11-17(16)26(2,3)25/h4-12H,1-3H3,(H2,21,22,23,24). The van der Waals surface area contributed by atoms with Crippen molar-refractivity contribution in [2.45, 2.75) is 6.92 Å². The molecule has 5 nitrogen and oxygen atoms in total. The van der Waals surface area contributed by atoms with Crippen molar-refractivity contribution in [2.24, 2.45) is 0 Å². The summed E-state index contributed by atoms with van der Waals surface area (Å²) in [5.41, 5.74) is 2.74. The lowest BCUT2D eigenvalue weighted by molar-refractivity contribution is 0.588. The fourth-order valence-electron chi connectivity index (χ4n) is 2.53. The minimum atomic E-state index is -2.45. The number of hydrogen-bond acceptors (Lipinski definition) is 5. The lowest BCUT2D eigenvalue weighted by Gasteiger charge is -2.16. The molecule has 0 saturated heterocycles. The Labute approximate surface area is 158 Å². The number of nitrogens with zero attached hydrogens (tertiary/aromatic N) is 2. The molecule has 1 heterocycles. The molecule has 0 fully saturated rings. The van der Waals surface area contributed by atoms with Gasteiger partial charge < -0.3 is 15.2 Å². The summed E-state index contributed by atoms with van der Waals surface area (Å²) in [6, 6.07) is 15.3. The molecule has 134 valence electrons. The van der Waals surface area contributed by atoms with Crippen molar-refractivity contribution in [1.29, 1.82) is 0 Å². The van der Waals surface area contributed by atoms with Crippen LogP contribution in [0.25, 0.3) is 0 Å². The Bertz CT molecular complexity index is 987. The highest BCUT2D eigenvalue weighted by Crippen LogP contribution is 2.38. The largest absolute Gasteiger partial charge is 0.338 e. The Morgan fingerprint density at radius 1 is 0.962 bits per heavy atom. The van der Waals surface area contributed by atoms with Crippen LogP contribution in [-0.2, 0) is 4.57 Å². The molecule has 0 radical (unpaired) electrons. The van der Waals surface area contributed by atoms with Gasteiger partial charge in [-0.1, -0.05) is 41.9 Å². The van der Waals surface area contributed by atoms with Crippen molar-refractivity contribution < 1.29 is 4.57 Å². The van der Waals surface area contributed by atoms with Crippen molar-refractivity contribution in [1.82, 2.24) is 9.97 Å². The predicted octanol–water partition coefficient (Wildman–Crippen LogP) is 5.17. The van der Waals surface area contributed by atoms with Crippen LogP contribution in [0.2, 0.25) is 5.02 Å². The van der Waals surface area contributed by atoms with E-state index in [2.05, 4.69) is 20.6 Å². The minimum absolute atomic E-state index is 0.386. The Kier molecular flexibility index (Phi) is 5.30. The Morgan fingerprint density at radius 3 is 2.31 bits per heavy atom. The lowest BCUT2D eigenvalue weighted by atomic mass is 10.2. The average Bonchev–Trinajstić information content (AvgIpc) is 2.59. The SMILES string of the molecule is Cc1ccccc1Nc1ncc(Cl)c(Nc2ccccc2P(C)(C)=O)n1. The molecule has 0 saturated carbocycles. The number of nitrogens with one attached hydrogen (secondary N) is 2. The van der Waals surface area contributed by atoms with E-state index in [1.165, 1.54) is 6.20 Å². The first-order chi connectivity index (χ1) is 12.3. The van der Waals surface area contributed by atoms with Gasteiger partial charge in [0.05, 0.1) is 11.9 Å². The van der Waals surface area contributed by atoms with Gasteiger partial charge in [0.15, 0.2) is 5.82 Å². The number of para-hydroxylation sites is 2. The maximum atomic E-state index is 12.5. The smallest absolute Gasteiger partial charge is 0.229 e. The Hall–Kier alpha value is -2.36. The van der Waals surface area contributed by atoms with Gasteiger partial charge >= 0.3 is 0 Å². The number of aromatic nitrogens is 2. The summed E-state index contributed by atoms with van der Waals surface area (Å²) in [7, 11) is -2.45. The van der Waals surface area contributed by atoms with Crippen LogP contribution in [0, 0.1) is 6.92 Å². The van der Waals surface area contributed by atoms with Gasteiger partial charge in [-0.15, -0.1) is 0 Å². The molecule has 0 bridgehead atoms. The first-order valence-electron chi connectivity index (χ1n) is 8.11. The van der Waals surface area contributed by atoms with Crippen LogP contribution in [0.15, 0.2) is 54.7 Å². The third kappa shape index (κ3) is 4.24. The van der Waals surface area contributed by atoms with Crippen molar-refractivity contribution >= 4 is 47.2 Å². The molecule has 3 aromatic rings. The highest BCUT2D eigenvalue weighted by molar-refractivity contribution is 7.70. The van der Waals surface area contributed by atoms with Crippen LogP contribution in [0.5, 0.6) is 0 Å². The van der Waals surface area contributed by atoms with E-state index < -0.39 is 7.14 Å². The zero-order chi connectivity index (χ0) is 18.7. The number of hydrogen-bond donors (Lipinski definition) is 2. The fraction of sp³-hybridized carbons (Fsp3) is 0.158. The van der Waals surface area contributed by atoms with Crippen LogP contribution in [-0.4, -0.2) is 23.3 Å². The minimum Gasteiger partial charge on any atom is -0.338 e. The normalized spacial score (nSPS) is 11.2. The van der Waals surface area contributed by atoms with Crippen LogP contribution >= 0.6 is 18.7 Å². The number of rotatable bonds is 5. The van der Waals surface area contributed by atoms with Crippen LogP contribution < -0.4 is 15.9 Å². The van der Waals surface area contributed by atoms with Crippen molar-refractivity contribution in [3.63, 3.8) is 0 Å². The summed E-state index contributed by atoms with van der Waals surface area (Å²) in [5.74, 6) is 0.888. The van der Waals surface area contributed by atoms with Crippen molar-refractivity contribution in [3.05, 3.63) is 65.3 Å². The molecule has 2 N–H and O–H groups in total. The van der Waals surface area contributed by atoms with Gasteiger partial charge in [0, 0.05) is 11.0 Å². The molecule has 0 unspecified atom stereocenters. The third-order valence-electron chi connectivity index (χ3n) is 3.87. The van der Waals surface area contributed by atoms with Crippen molar-refractivity contribution in [3.8, 4) is 0 Å². The molecule has 0 amide bonds. The summed E-state index contributed by atoms with van der Waals surface area (Å²) in [6.07, 6.45) is 1.54. The van der Waals surface area contributed by atoms with Gasteiger partial charge in [-0.25, -0.2) is 4.98 Å². The van der Waals surface area contributed by atoms with Crippen LogP contribution in [0.4, 0.5) is 23.1 Å². The number of anilines is 4. The molecule has 0 atom stereocenters. The molecule has 26 heavy (non-hydrogen) atoms. The molecule has 0 aliphatic heterocycles. The summed E-state index contributed by atoms with van der Waals surface area (Å²) in [6.45, 7) is 5.48. The molecule has 0 aliphatic rings. The quantitative estimate of drug-likeness (QED) is 0.592. The van der Waals surface area contributed by atoms with Gasteiger partial charge in [0.25, 0.3) is 0 Å². The number of benzene rings is 2. The first kappa shape index (κ1) is 18.4. The molecular weight excluding hydrogens is 367 g/mol. The molecule has 7 heteroatoms. The average molecular weight is 387 g/mol. The van der Waals surface area contributed by atoms with E-state index in [0.29, 0.717) is 16.8 Å². The van der Waals surface area contributed by atoms with E-state index in [0.717, 1.165) is 22.2 Å². The zero-order valence-electron chi connectivity index (χ0n) is 14.8. The van der Waals surface area contributed by atoms with E-state index in [1.807, 2.05) is 55.5 Å². The van der Waals surface area contributed by atoms with Gasteiger partial charge in [-0.05, 0) is 44.0 Å². The van der Waals surface area contributed by atoms with Gasteiger partial charge in [0.1, 0.15) is 12.2 Å². The molecule has 0 spiro atoms. The highest BCUT2D eigenvalue weighted by atomic mass is 35.5. The second-order valence-corrected chi connectivity index (χ2v) is 9.91. The second-order valence-electron chi connectivity index (χ2n) is 6.32. The number of aryl methyl sites for hydroxylation is 1. The van der Waals surface area contributed by atoms with E-state index in [4.69, 9.17) is 11.6 Å². The molecule has 3 rings (SSSR count). The molecule has 2 aromatic carbocycles. The maximum Gasteiger partial charge on any atom is 0.229 e. The summed E-state index contributed by atoms with van der Waals surface area (Å²) < 4.78 is 12.5. The van der Waals surface area contributed by atoms with Crippen LogP contribution in [0.3, 0.4) is 0 Å². The molecule has 1 aromatic heterocycles. The number of halogens is 1. The Balaban J connectivity index is 1.93.